The summed E-state index contributed by atoms with van der Waals surface area (Å²) in [7, 11) is 0. The summed E-state index contributed by atoms with van der Waals surface area (Å²) in [6, 6.07) is 18.5. The van der Waals surface area contributed by atoms with Gasteiger partial charge in [0.25, 0.3) is 5.91 Å². The molecule has 5 rings (SSSR count). The number of carbonyl (C=O) groups excluding carboxylic acids is 1. The van der Waals surface area contributed by atoms with Crippen LogP contribution in [0.25, 0.3) is 0 Å². The van der Waals surface area contributed by atoms with E-state index < -0.39 is 0 Å². The van der Waals surface area contributed by atoms with Gasteiger partial charge in [-0.25, -0.2) is 15.0 Å². The number of ether oxygens (including phenoxy) is 2. The average Bonchev–Trinajstić information content (AvgIpc) is 2.90. The number of benzene rings is 2. The predicted octanol–water partition coefficient (Wildman–Crippen LogP) is 4.87. The first-order chi connectivity index (χ1) is 16.7. The van der Waals surface area contributed by atoms with Gasteiger partial charge < -0.3 is 14.4 Å². The summed E-state index contributed by atoms with van der Waals surface area (Å²) in [4.78, 5) is 32.2. The number of aromatic nitrogens is 4. The SMILES string of the molecule is O=C(c1cccc(Oc2ncccn2)c1)N1CCC[C@H](c2cncc(Oc3ccccc3)n2)C1. The molecule has 0 N–H and O–H groups in total. The van der Waals surface area contributed by atoms with E-state index in [1.54, 1.807) is 55.1 Å². The van der Waals surface area contributed by atoms with Gasteiger partial charge in [-0.2, -0.15) is 0 Å². The van der Waals surface area contributed by atoms with Gasteiger partial charge >= 0.3 is 6.01 Å². The normalized spacial score (nSPS) is 15.5. The smallest absolute Gasteiger partial charge is 0.321 e. The van der Waals surface area contributed by atoms with Gasteiger partial charge in [0.1, 0.15) is 11.5 Å². The van der Waals surface area contributed by atoms with Crippen LogP contribution in [0.1, 0.15) is 34.8 Å². The Morgan fingerprint density at radius 2 is 1.74 bits per heavy atom. The average molecular weight is 454 g/mol. The van der Waals surface area contributed by atoms with Crippen LogP contribution in [0.3, 0.4) is 0 Å². The van der Waals surface area contributed by atoms with Crippen molar-refractivity contribution in [3.63, 3.8) is 0 Å². The summed E-state index contributed by atoms with van der Waals surface area (Å²) in [5.41, 5.74) is 1.38. The number of rotatable bonds is 6. The number of hydrogen-bond acceptors (Lipinski definition) is 7. The summed E-state index contributed by atoms with van der Waals surface area (Å²) < 4.78 is 11.5. The van der Waals surface area contributed by atoms with Crippen molar-refractivity contribution in [1.82, 2.24) is 24.8 Å². The number of carbonyl (C=O) groups is 1. The first kappa shape index (κ1) is 21.5. The van der Waals surface area contributed by atoms with E-state index in [0.717, 1.165) is 18.5 Å². The Bertz CT molecular complexity index is 1250. The fourth-order valence-electron chi connectivity index (χ4n) is 3.94. The summed E-state index contributed by atoms with van der Waals surface area (Å²) >= 11 is 0. The number of amides is 1. The topological polar surface area (TPSA) is 90.3 Å². The van der Waals surface area contributed by atoms with E-state index in [2.05, 4.69) is 19.9 Å². The van der Waals surface area contributed by atoms with Crippen LogP contribution in [0, 0.1) is 0 Å². The number of likely N-dealkylation sites (tertiary alicyclic amines) is 1. The highest BCUT2D eigenvalue weighted by atomic mass is 16.5. The Labute approximate surface area is 197 Å². The maximum absolute atomic E-state index is 13.3. The second-order valence-corrected chi connectivity index (χ2v) is 7.95. The number of para-hydroxylation sites is 1. The molecule has 0 bridgehead atoms. The zero-order valence-corrected chi connectivity index (χ0v) is 18.4. The lowest BCUT2D eigenvalue weighted by Crippen LogP contribution is -2.39. The molecule has 3 heterocycles. The van der Waals surface area contributed by atoms with E-state index in [1.165, 1.54) is 0 Å². The maximum Gasteiger partial charge on any atom is 0.321 e. The minimum atomic E-state index is -0.0474. The van der Waals surface area contributed by atoms with Crippen LogP contribution in [0.15, 0.2) is 85.5 Å². The molecule has 1 aliphatic rings. The first-order valence-corrected chi connectivity index (χ1v) is 11.1. The van der Waals surface area contributed by atoms with Crippen molar-refractivity contribution < 1.29 is 14.3 Å². The summed E-state index contributed by atoms with van der Waals surface area (Å²) in [6.45, 7) is 1.25. The second kappa shape index (κ2) is 10.1. The highest BCUT2D eigenvalue weighted by Gasteiger charge is 2.27. The van der Waals surface area contributed by atoms with Crippen LogP contribution in [0.2, 0.25) is 0 Å². The molecule has 2 aromatic heterocycles. The summed E-state index contributed by atoms with van der Waals surface area (Å²) in [5.74, 6) is 1.70. The third kappa shape index (κ3) is 5.17. The fraction of sp³-hybridized carbons (Fsp3) is 0.192. The number of hydrogen-bond donors (Lipinski definition) is 0. The molecule has 0 saturated carbocycles. The van der Waals surface area contributed by atoms with E-state index in [-0.39, 0.29) is 17.8 Å². The monoisotopic (exact) mass is 453 g/mol. The van der Waals surface area contributed by atoms with Gasteiger partial charge in [0.2, 0.25) is 5.88 Å². The molecule has 1 amide bonds. The molecule has 0 unspecified atom stereocenters. The van der Waals surface area contributed by atoms with Gasteiger partial charge in [-0.15, -0.1) is 0 Å². The largest absolute Gasteiger partial charge is 0.437 e. The third-order valence-corrected chi connectivity index (χ3v) is 5.56. The lowest BCUT2D eigenvalue weighted by Gasteiger charge is -2.32. The quantitative estimate of drug-likeness (QED) is 0.411. The van der Waals surface area contributed by atoms with Crippen LogP contribution in [-0.4, -0.2) is 43.8 Å². The van der Waals surface area contributed by atoms with Crippen molar-refractivity contribution in [3.8, 4) is 23.4 Å². The second-order valence-electron chi connectivity index (χ2n) is 7.95. The number of nitrogens with zero attached hydrogens (tertiary/aromatic N) is 5. The Kier molecular flexibility index (Phi) is 6.38. The van der Waals surface area contributed by atoms with Gasteiger partial charge in [0.05, 0.1) is 11.9 Å². The van der Waals surface area contributed by atoms with Gasteiger partial charge in [-0.3, -0.25) is 9.78 Å². The molecule has 1 fully saturated rings. The standard InChI is InChI=1S/C26H23N5O3/c32-25(19-7-4-11-22(15-19)34-26-28-12-6-13-29-26)31-14-5-8-20(18-31)23-16-27-17-24(30-23)33-21-9-2-1-3-10-21/h1-4,6-7,9-13,15-17,20H,5,8,14,18H2/t20-/m0/s1. The first-order valence-electron chi connectivity index (χ1n) is 11.1. The molecule has 1 atom stereocenters. The Hall–Kier alpha value is -4.33. The number of piperidine rings is 1. The molecular weight excluding hydrogens is 430 g/mol. The van der Waals surface area contributed by atoms with Gasteiger partial charge in [0.15, 0.2) is 0 Å². The molecule has 0 aliphatic carbocycles. The van der Waals surface area contributed by atoms with Gasteiger partial charge in [-0.05, 0) is 49.2 Å². The minimum absolute atomic E-state index is 0.0474. The molecule has 4 aromatic rings. The summed E-state index contributed by atoms with van der Waals surface area (Å²) in [5, 5.41) is 0. The summed E-state index contributed by atoms with van der Waals surface area (Å²) in [6.07, 6.45) is 8.38. The molecule has 1 saturated heterocycles. The van der Waals surface area contributed by atoms with Crippen LogP contribution in [0.4, 0.5) is 0 Å². The van der Waals surface area contributed by atoms with Gasteiger partial charge in [0, 0.05) is 43.2 Å². The van der Waals surface area contributed by atoms with Crippen molar-refractivity contribution in [2.24, 2.45) is 0 Å². The minimum Gasteiger partial charge on any atom is -0.437 e. The van der Waals surface area contributed by atoms with Crippen LogP contribution in [-0.2, 0) is 0 Å². The highest BCUT2D eigenvalue weighted by Crippen LogP contribution is 2.29. The van der Waals surface area contributed by atoms with Crippen molar-refractivity contribution in [3.05, 3.63) is 96.7 Å². The van der Waals surface area contributed by atoms with E-state index in [0.29, 0.717) is 36.0 Å². The molecule has 0 radical (unpaired) electrons. The Morgan fingerprint density at radius 3 is 2.59 bits per heavy atom. The van der Waals surface area contributed by atoms with Crippen LogP contribution in [0.5, 0.6) is 23.4 Å². The lowest BCUT2D eigenvalue weighted by atomic mass is 9.94. The molecule has 1 aliphatic heterocycles. The van der Waals surface area contributed by atoms with Crippen molar-refractivity contribution >= 4 is 5.91 Å². The highest BCUT2D eigenvalue weighted by molar-refractivity contribution is 5.94. The van der Waals surface area contributed by atoms with Crippen molar-refractivity contribution in [2.75, 3.05) is 13.1 Å². The van der Waals surface area contributed by atoms with E-state index in [1.807, 2.05) is 35.2 Å². The lowest BCUT2D eigenvalue weighted by molar-refractivity contribution is 0.0705. The fourth-order valence-corrected chi connectivity index (χ4v) is 3.94. The van der Waals surface area contributed by atoms with Crippen molar-refractivity contribution in [1.29, 1.82) is 0 Å². The van der Waals surface area contributed by atoms with Crippen molar-refractivity contribution in [2.45, 2.75) is 18.8 Å². The zero-order valence-electron chi connectivity index (χ0n) is 18.4. The molecule has 2 aromatic carbocycles. The molecule has 8 nitrogen and oxygen atoms in total. The molecule has 8 heteroatoms. The van der Waals surface area contributed by atoms with E-state index >= 15 is 0 Å². The predicted molar refractivity (Wildman–Crippen MR) is 125 cm³/mol. The molecular formula is C26H23N5O3. The molecule has 34 heavy (non-hydrogen) atoms. The molecule has 170 valence electrons. The maximum atomic E-state index is 13.3. The van der Waals surface area contributed by atoms with Crippen LogP contribution < -0.4 is 9.47 Å². The van der Waals surface area contributed by atoms with Crippen LogP contribution >= 0.6 is 0 Å². The van der Waals surface area contributed by atoms with E-state index in [4.69, 9.17) is 9.47 Å². The Balaban J connectivity index is 1.28. The third-order valence-electron chi connectivity index (χ3n) is 5.56. The zero-order chi connectivity index (χ0) is 23.2. The Morgan fingerprint density at radius 1 is 0.912 bits per heavy atom. The van der Waals surface area contributed by atoms with E-state index in [9.17, 15) is 4.79 Å². The molecule has 0 spiro atoms. The van der Waals surface area contributed by atoms with Gasteiger partial charge in [-0.1, -0.05) is 24.3 Å².